The third kappa shape index (κ3) is 10.3. The Morgan fingerprint density at radius 3 is 2.25 bits per heavy atom. The largest absolute Gasteiger partial charge is 0.454 e. The van der Waals surface area contributed by atoms with Crippen molar-refractivity contribution in [2.24, 2.45) is 5.92 Å². The van der Waals surface area contributed by atoms with Gasteiger partial charge in [-0.1, -0.05) is 25.0 Å². The smallest absolute Gasteiger partial charge is 0.424 e. The summed E-state index contributed by atoms with van der Waals surface area (Å²) in [5.74, 6) is -1.64. The molecule has 0 bridgehead atoms. The van der Waals surface area contributed by atoms with Gasteiger partial charge in [0.15, 0.2) is 11.5 Å². The molecule has 4 atom stereocenters. The van der Waals surface area contributed by atoms with E-state index in [-0.39, 0.29) is 52.1 Å². The Hall–Kier alpha value is -4.59. The molecule has 1 aromatic rings. The number of allylic oxidation sites excluding steroid dienone is 1. The predicted molar refractivity (Wildman–Crippen MR) is 202 cm³/mol. The molecule has 0 saturated heterocycles. The zero-order valence-electron chi connectivity index (χ0n) is 32.5. The topological polar surface area (TPSA) is 233 Å². The zero-order chi connectivity index (χ0) is 41.3. The average molecular weight is 838 g/mol. The number of amides is 5. The molecule has 1 aromatic carbocycles. The fraction of sp³-hybridized carbons (Fsp3) is 0.649. The van der Waals surface area contributed by atoms with Crippen LogP contribution in [-0.4, -0.2) is 104 Å². The summed E-state index contributed by atoms with van der Waals surface area (Å²) in [6.07, 6.45) is 3.90. The van der Waals surface area contributed by atoms with E-state index in [0.717, 1.165) is 17.4 Å². The van der Waals surface area contributed by atoms with Crippen LogP contribution in [0.2, 0.25) is 0 Å². The molecule has 2 saturated carbocycles. The molecular formula is C37H51N5O13S2. The Balaban J connectivity index is 1.22. The quantitative estimate of drug-likeness (QED) is 0.350. The fourth-order valence-corrected chi connectivity index (χ4v) is 9.46. The van der Waals surface area contributed by atoms with Crippen molar-refractivity contribution in [2.75, 3.05) is 19.6 Å². The average Bonchev–Trinajstić information content (AvgIpc) is 3.99. The number of ether oxygens (including phenoxy) is 4. The number of sulfonamides is 2. The monoisotopic (exact) mass is 837 g/mol. The lowest BCUT2D eigenvalue weighted by Crippen LogP contribution is -2.54. The first-order chi connectivity index (χ1) is 26.8. The summed E-state index contributed by atoms with van der Waals surface area (Å²) in [4.78, 5) is 69.2. The summed E-state index contributed by atoms with van der Waals surface area (Å²) in [7, 11) is -8.22. The first-order valence-corrected chi connectivity index (χ1v) is 22.6. The van der Waals surface area contributed by atoms with Gasteiger partial charge < -0.3 is 29.6 Å². The maximum absolute atomic E-state index is 13.9. The van der Waals surface area contributed by atoms with Crippen LogP contribution in [0.5, 0.6) is 11.5 Å². The van der Waals surface area contributed by atoms with Gasteiger partial charge in [-0.05, 0) is 89.0 Å². The van der Waals surface area contributed by atoms with Gasteiger partial charge >= 0.3 is 12.2 Å². The Morgan fingerprint density at radius 2 is 1.63 bits per heavy atom. The fourth-order valence-electron chi connectivity index (χ4n) is 7.13. The van der Waals surface area contributed by atoms with E-state index in [1.807, 2.05) is 6.08 Å². The standard InChI is InChI=1S/C37H51N5O13S2/c1-36(2,3)55-35(47)42(56(4,48)49)28-11-9-7-5-6-8-10-25-18-37(25,33(45)40-57(50,51)27-13-14-27)39-31(43)15-12-26(19-38-32(28)44)54-34(46)41-20-23-16-29-30(53-22-52-29)17-24(23)21-41/h8,10,16-17,25-28H,5-7,9,11-15,18-22H2,1-4H3,(H,38,44)(H,39,43)(H,40,45)/b10-8-/t25-,26-,28+,37-/m1/s1. The number of rotatable bonds is 6. The molecule has 314 valence electrons. The molecule has 3 heterocycles. The van der Waals surface area contributed by atoms with Gasteiger partial charge in [-0.2, -0.15) is 4.31 Å². The van der Waals surface area contributed by atoms with E-state index in [2.05, 4.69) is 15.4 Å². The molecule has 5 aliphatic rings. The second-order valence-corrected chi connectivity index (χ2v) is 20.1. The second-order valence-electron chi connectivity index (χ2n) is 16.2. The van der Waals surface area contributed by atoms with Crippen LogP contribution in [0.25, 0.3) is 0 Å². The first kappa shape index (κ1) is 42.0. The highest BCUT2D eigenvalue weighted by Crippen LogP contribution is 2.46. The van der Waals surface area contributed by atoms with E-state index in [4.69, 9.17) is 18.9 Å². The molecule has 2 aliphatic carbocycles. The Labute approximate surface area is 332 Å². The highest BCUT2D eigenvalue weighted by atomic mass is 32.2. The number of nitrogens with one attached hydrogen (secondary N) is 3. The summed E-state index contributed by atoms with van der Waals surface area (Å²) < 4.78 is 76.2. The zero-order valence-corrected chi connectivity index (χ0v) is 34.2. The molecule has 2 fully saturated rings. The first-order valence-electron chi connectivity index (χ1n) is 19.2. The summed E-state index contributed by atoms with van der Waals surface area (Å²) >= 11 is 0. The van der Waals surface area contributed by atoms with Crippen LogP contribution in [-0.2, 0) is 57.0 Å². The van der Waals surface area contributed by atoms with Crippen LogP contribution in [0.3, 0.4) is 0 Å². The van der Waals surface area contributed by atoms with Crippen LogP contribution in [0, 0.1) is 5.92 Å². The minimum Gasteiger partial charge on any atom is -0.454 e. The minimum absolute atomic E-state index is 0.0421. The molecule has 0 aromatic heterocycles. The number of carbonyl (C=O) groups is 5. The SMILES string of the molecule is CC(C)(C)OC(=O)N([C@H]1CCCCC/C=C\[C@@H]2C[C@@]2(C(=O)NS(=O)(=O)C2CC2)NC(=O)CC[C@@H](OC(=O)N2Cc3cc4c(cc3C2)OCO4)CNC1=O)S(C)(=O)=O. The van der Waals surface area contributed by atoms with E-state index in [9.17, 15) is 40.8 Å². The van der Waals surface area contributed by atoms with Crippen LogP contribution in [0.1, 0.15) is 96.1 Å². The highest BCUT2D eigenvalue weighted by Gasteiger charge is 2.61. The van der Waals surface area contributed by atoms with Crippen molar-refractivity contribution in [1.29, 1.82) is 0 Å². The van der Waals surface area contributed by atoms with E-state index in [0.29, 0.717) is 54.3 Å². The summed E-state index contributed by atoms with van der Waals surface area (Å²) in [6, 6.07) is 2.07. The number of nitrogens with zero attached hydrogens (tertiary/aromatic N) is 2. The predicted octanol–water partition coefficient (Wildman–Crippen LogP) is 2.70. The van der Waals surface area contributed by atoms with E-state index < -0.39 is 84.4 Å². The van der Waals surface area contributed by atoms with Crippen molar-refractivity contribution in [3.8, 4) is 11.5 Å². The number of fused-ring (bicyclic) bond motifs is 3. The summed E-state index contributed by atoms with van der Waals surface area (Å²) in [6.45, 7) is 4.80. The van der Waals surface area contributed by atoms with Crippen molar-refractivity contribution in [1.82, 2.24) is 24.6 Å². The molecule has 3 aliphatic heterocycles. The van der Waals surface area contributed by atoms with Gasteiger partial charge in [0.2, 0.25) is 38.7 Å². The Morgan fingerprint density at radius 1 is 0.965 bits per heavy atom. The molecule has 20 heteroatoms. The molecule has 6 rings (SSSR count). The van der Waals surface area contributed by atoms with Crippen LogP contribution in [0.4, 0.5) is 9.59 Å². The van der Waals surface area contributed by atoms with Gasteiger partial charge in [0, 0.05) is 25.4 Å². The van der Waals surface area contributed by atoms with Crippen molar-refractivity contribution in [3.63, 3.8) is 0 Å². The third-order valence-electron chi connectivity index (χ3n) is 10.4. The van der Waals surface area contributed by atoms with Gasteiger partial charge in [0.1, 0.15) is 23.3 Å². The van der Waals surface area contributed by atoms with Gasteiger partial charge in [-0.15, -0.1) is 0 Å². The summed E-state index contributed by atoms with van der Waals surface area (Å²) in [5, 5.41) is 4.74. The normalized spacial score (nSPS) is 26.3. The number of hydrogen-bond donors (Lipinski definition) is 3. The van der Waals surface area contributed by atoms with Crippen LogP contribution < -0.4 is 24.8 Å². The van der Waals surface area contributed by atoms with Crippen LogP contribution >= 0.6 is 0 Å². The highest BCUT2D eigenvalue weighted by molar-refractivity contribution is 7.91. The van der Waals surface area contributed by atoms with Crippen LogP contribution in [0.15, 0.2) is 24.3 Å². The van der Waals surface area contributed by atoms with E-state index in [1.54, 1.807) is 39.0 Å². The maximum Gasteiger partial charge on any atom is 0.424 e. The number of benzene rings is 1. The Kier molecular flexibility index (Phi) is 12.0. The lowest BCUT2D eigenvalue weighted by molar-refractivity contribution is -0.129. The lowest BCUT2D eigenvalue weighted by Gasteiger charge is -2.31. The molecule has 5 amide bonds. The van der Waals surface area contributed by atoms with Gasteiger partial charge in [-0.3, -0.25) is 24.0 Å². The van der Waals surface area contributed by atoms with E-state index in [1.165, 1.54) is 4.90 Å². The van der Waals surface area contributed by atoms with Crippen molar-refractivity contribution in [3.05, 3.63) is 35.4 Å². The van der Waals surface area contributed by atoms with Crippen molar-refractivity contribution >= 4 is 50.0 Å². The van der Waals surface area contributed by atoms with Gasteiger partial charge in [0.05, 0.1) is 18.1 Å². The lowest BCUT2D eigenvalue weighted by atomic mass is 10.1. The number of hydrogen-bond acceptors (Lipinski definition) is 13. The maximum atomic E-state index is 13.9. The molecule has 3 N–H and O–H groups in total. The molecule has 57 heavy (non-hydrogen) atoms. The second kappa shape index (κ2) is 16.3. The Bertz CT molecular complexity index is 2000. The molecule has 0 radical (unpaired) electrons. The molecular weight excluding hydrogens is 787 g/mol. The van der Waals surface area contributed by atoms with Gasteiger partial charge in [-0.25, -0.2) is 26.4 Å². The molecule has 0 unspecified atom stereocenters. The van der Waals surface area contributed by atoms with Gasteiger partial charge in [0.25, 0.3) is 5.91 Å². The number of carbonyl (C=O) groups excluding carboxylic acids is 5. The third-order valence-corrected chi connectivity index (χ3v) is 13.3. The van der Waals surface area contributed by atoms with Crippen molar-refractivity contribution < 1.29 is 59.8 Å². The molecule has 18 nitrogen and oxygen atoms in total. The molecule has 0 spiro atoms. The minimum atomic E-state index is -4.32. The van der Waals surface area contributed by atoms with E-state index >= 15 is 0 Å². The van der Waals surface area contributed by atoms with Crippen molar-refractivity contribution in [2.45, 2.75) is 127 Å². The summed E-state index contributed by atoms with van der Waals surface area (Å²) in [5.41, 5.74) is -0.918.